The highest BCUT2D eigenvalue weighted by Crippen LogP contribution is 2.34. The Morgan fingerprint density at radius 2 is 1.81 bits per heavy atom. The minimum atomic E-state index is -0.418. The van der Waals surface area contributed by atoms with E-state index >= 15 is 0 Å². The lowest BCUT2D eigenvalue weighted by Gasteiger charge is -2.15. The first kappa shape index (κ1) is 22.5. The van der Waals surface area contributed by atoms with Crippen molar-refractivity contribution < 1.29 is 13.9 Å². The van der Waals surface area contributed by atoms with Crippen molar-refractivity contribution in [3.63, 3.8) is 0 Å². The van der Waals surface area contributed by atoms with Crippen LogP contribution in [0.5, 0.6) is 11.5 Å². The second-order valence-corrected chi connectivity index (χ2v) is 8.18. The summed E-state index contributed by atoms with van der Waals surface area (Å²) in [5.41, 5.74) is 3.59. The average molecular weight is 473 g/mol. The SMILES string of the molecule is COc1cc(CNCCc2c[nH]c3ccccc23)c(Cl)cc1OCc1c(F)cccc1Cl. The zero-order valence-electron chi connectivity index (χ0n) is 17.6. The molecular weight excluding hydrogens is 450 g/mol. The van der Waals surface area contributed by atoms with Crippen LogP contribution in [0.25, 0.3) is 10.9 Å². The Kier molecular flexibility index (Phi) is 7.20. The molecule has 0 aliphatic rings. The van der Waals surface area contributed by atoms with E-state index < -0.39 is 5.82 Å². The zero-order chi connectivity index (χ0) is 22.5. The lowest BCUT2D eigenvalue weighted by Crippen LogP contribution is -2.17. The molecule has 0 fully saturated rings. The van der Waals surface area contributed by atoms with Gasteiger partial charge in [0.15, 0.2) is 11.5 Å². The van der Waals surface area contributed by atoms with Crippen LogP contribution in [0.15, 0.2) is 60.8 Å². The Morgan fingerprint density at radius 3 is 2.62 bits per heavy atom. The molecule has 0 unspecified atom stereocenters. The predicted octanol–water partition coefficient (Wildman–Crippen LogP) is 6.53. The van der Waals surface area contributed by atoms with Gasteiger partial charge in [0.25, 0.3) is 0 Å². The van der Waals surface area contributed by atoms with Gasteiger partial charge >= 0.3 is 0 Å². The van der Waals surface area contributed by atoms with Crippen molar-refractivity contribution in [3.05, 3.63) is 93.3 Å². The van der Waals surface area contributed by atoms with Gasteiger partial charge in [0.05, 0.1) is 12.1 Å². The van der Waals surface area contributed by atoms with E-state index in [-0.39, 0.29) is 12.2 Å². The second kappa shape index (κ2) is 10.3. The lowest BCUT2D eigenvalue weighted by molar-refractivity contribution is 0.279. The van der Waals surface area contributed by atoms with E-state index in [9.17, 15) is 4.39 Å². The number of benzene rings is 3. The molecule has 0 radical (unpaired) electrons. The molecule has 32 heavy (non-hydrogen) atoms. The monoisotopic (exact) mass is 472 g/mol. The van der Waals surface area contributed by atoms with Crippen LogP contribution in [-0.4, -0.2) is 18.6 Å². The number of rotatable bonds is 9. The number of H-pyrrole nitrogens is 1. The molecule has 0 amide bonds. The molecule has 0 spiro atoms. The zero-order valence-corrected chi connectivity index (χ0v) is 19.1. The fourth-order valence-electron chi connectivity index (χ4n) is 3.59. The standard InChI is InChI=1S/C25H23Cl2FN2O2/c1-31-24-11-17(13-29-10-9-16-14-30-23-8-3-2-5-18(16)23)21(27)12-25(24)32-15-19-20(26)6-4-7-22(19)28/h2-8,11-12,14,29-30H,9-10,13,15H2,1H3. The Labute approximate surface area is 196 Å². The average Bonchev–Trinajstić information content (AvgIpc) is 3.20. The van der Waals surface area contributed by atoms with Crippen molar-refractivity contribution in [2.75, 3.05) is 13.7 Å². The molecule has 4 aromatic rings. The van der Waals surface area contributed by atoms with E-state index in [4.69, 9.17) is 32.7 Å². The minimum Gasteiger partial charge on any atom is -0.493 e. The third-order valence-corrected chi connectivity index (χ3v) is 6.03. The normalized spacial score (nSPS) is 11.1. The fraction of sp³-hybridized carbons (Fsp3) is 0.200. The molecule has 2 N–H and O–H groups in total. The molecule has 4 rings (SSSR count). The van der Waals surface area contributed by atoms with Crippen LogP contribution in [0.4, 0.5) is 4.39 Å². The van der Waals surface area contributed by atoms with Crippen LogP contribution >= 0.6 is 23.2 Å². The van der Waals surface area contributed by atoms with Gasteiger partial charge in [-0.25, -0.2) is 4.39 Å². The van der Waals surface area contributed by atoms with Gasteiger partial charge in [-0.15, -0.1) is 0 Å². The summed E-state index contributed by atoms with van der Waals surface area (Å²) in [6.45, 7) is 1.35. The van der Waals surface area contributed by atoms with Crippen LogP contribution < -0.4 is 14.8 Å². The summed E-state index contributed by atoms with van der Waals surface area (Å²) in [5, 5.41) is 5.52. The molecule has 0 saturated carbocycles. The van der Waals surface area contributed by atoms with Gasteiger partial charge in [0.2, 0.25) is 0 Å². The lowest BCUT2D eigenvalue weighted by atomic mass is 10.1. The summed E-state index contributed by atoms with van der Waals surface area (Å²) >= 11 is 12.6. The molecular formula is C25H23Cl2FN2O2. The quantitative estimate of drug-likeness (QED) is 0.272. The van der Waals surface area contributed by atoms with Crippen molar-refractivity contribution in [2.45, 2.75) is 19.6 Å². The first-order valence-electron chi connectivity index (χ1n) is 10.2. The number of methoxy groups -OCH3 is 1. The maximum absolute atomic E-state index is 14.0. The number of hydrogen-bond acceptors (Lipinski definition) is 3. The highest BCUT2D eigenvalue weighted by Gasteiger charge is 2.13. The molecule has 1 heterocycles. The van der Waals surface area contributed by atoms with Crippen LogP contribution in [0.1, 0.15) is 16.7 Å². The Hall–Kier alpha value is -2.73. The summed E-state index contributed by atoms with van der Waals surface area (Å²) in [4.78, 5) is 3.30. The molecule has 7 heteroatoms. The third-order valence-electron chi connectivity index (χ3n) is 5.33. The van der Waals surface area contributed by atoms with Gasteiger partial charge in [-0.2, -0.15) is 0 Å². The number of aromatic amines is 1. The van der Waals surface area contributed by atoms with Crippen LogP contribution in [0.3, 0.4) is 0 Å². The minimum absolute atomic E-state index is 0.0274. The summed E-state index contributed by atoms with van der Waals surface area (Å²) in [6, 6.07) is 16.3. The van der Waals surface area contributed by atoms with Crippen molar-refractivity contribution in [3.8, 4) is 11.5 Å². The molecule has 0 aliphatic carbocycles. The number of hydrogen-bond donors (Lipinski definition) is 2. The number of para-hydroxylation sites is 1. The van der Waals surface area contributed by atoms with E-state index in [2.05, 4.69) is 28.6 Å². The van der Waals surface area contributed by atoms with E-state index in [0.717, 1.165) is 24.0 Å². The molecule has 0 atom stereocenters. The maximum Gasteiger partial charge on any atom is 0.163 e. The highest BCUT2D eigenvalue weighted by atomic mass is 35.5. The Balaban J connectivity index is 1.38. The van der Waals surface area contributed by atoms with E-state index in [1.165, 1.54) is 17.0 Å². The largest absolute Gasteiger partial charge is 0.493 e. The van der Waals surface area contributed by atoms with Crippen LogP contribution in [0.2, 0.25) is 10.0 Å². The first-order valence-corrected chi connectivity index (χ1v) is 11.0. The Morgan fingerprint density at radius 1 is 0.969 bits per heavy atom. The van der Waals surface area contributed by atoms with Gasteiger partial charge in [-0.3, -0.25) is 0 Å². The summed E-state index contributed by atoms with van der Waals surface area (Å²) in [5.74, 6) is 0.535. The van der Waals surface area contributed by atoms with E-state index in [1.807, 2.05) is 18.2 Å². The van der Waals surface area contributed by atoms with Gasteiger partial charge < -0.3 is 19.8 Å². The van der Waals surface area contributed by atoms with E-state index in [1.54, 1.807) is 25.3 Å². The molecule has 0 saturated heterocycles. The molecule has 1 aromatic heterocycles. The molecule has 0 bridgehead atoms. The number of halogens is 3. The maximum atomic E-state index is 14.0. The fourth-order valence-corrected chi connectivity index (χ4v) is 4.03. The molecule has 166 valence electrons. The summed E-state index contributed by atoms with van der Waals surface area (Å²) in [6.07, 6.45) is 2.94. The summed E-state index contributed by atoms with van der Waals surface area (Å²) < 4.78 is 25.2. The number of nitrogens with one attached hydrogen (secondary N) is 2. The second-order valence-electron chi connectivity index (χ2n) is 7.37. The van der Waals surface area contributed by atoms with Crippen LogP contribution in [0, 0.1) is 5.82 Å². The van der Waals surface area contributed by atoms with E-state index in [0.29, 0.717) is 28.1 Å². The van der Waals surface area contributed by atoms with Gasteiger partial charge in [-0.05, 0) is 48.4 Å². The first-order chi connectivity index (χ1) is 15.6. The van der Waals surface area contributed by atoms with Crippen molar-refractivity contribution in [1.82, 2.24) is 10.3 Å². The van der Waals surface area contributed by atoms with Gasteiger partial charge in [-0.1, -0.05) is 47.5 Å². The molecule has 0 aliphatic heterocycles. The topological polar surface area (TPSA) is 46.3 Å². The highest BCUT2D eigenvalue weighted by molar-refractivity contribution is 6.31. The summed E-state index contributed by atoms with van der Waals surface area (Å²) in [7, 11) is 1.56. The molecule has 3 aromatic carbocycles. The molecule has 4 nitrogen and oxygen atoms in total. The van der Waals surface area contributed by atoms with Gasteiger partial charge in [0, 0.05) is 40.3 Å². The predicted molar refractivity (Wildman–Crippen MR) is 127 cm³/mol. The Bertz CT molecular complexity index is 1210. The van der Waals surface area contributed by atoms with Crippen molar-refractivity contribution in [2.24, 2.45) is 0 Å². The smallest absolute Gasteiger partial charge is 0.163 e. The number of ether oxygens (including phenoxy) is 2. The third kappa shape index (κ3) is 5.01. The van der Waals surface area contributed by atoms with Gasteiger partial charge in [0.1, 0.15) is 12.4 Å². The van der Waals surface area contributed by atoms with Crippen molar-refractivity contribution in [1.29, 1.82) is 0 Å². The number of fused-ring (bicyclic) bond motifs is 1. The van der Waals surface area contributed by atoms with Crippen LogP contribution in [-0.2, 0) is 19.6 Å². The number of aromatic nitrogens is 1. The van der Waals surface area contributed by atoms with Crippen molar-refractivity contribution >= 4 is 34.1 Å².